The van der Waals surface area contributed by atoms with Gasteiger partial charge in [-0.1, -0.05) is 56.8 Å². The number of benzene rings is 2. The molecule has 3 rings (SSSR count). The van der Waals surface area contributed by atoms with Crippen LogP contribution in [0.2, 0.25) is 0 Å². The third-order valence-corrected chi connectivity index (χ3v) is 5.88. The first-order valence-electron chi connectivity index (χ1n) is 10.4. The molecule has 7 nitrogen and oxygen atoms in total. The van der Waals surface area contributed by atoms with Gasteiger partial charge in [0.2, 0.25) is 5.91 Å². The maximum absolute atomic E-state index is 12.3. The zero-order valence-electron chi connectivity index (χ0n) is 19.0. The number of carbonyl (C=O) groups is 2. The van der Waals surface area contributed by atoms with Gasteiger partial charge >= 0.3 is 5.97 Å². The summed E-state index contributed by atoms with van der Waals surface area (Å²) >= 11 is 1.32. The number of nitrogens with zero attached hydrogens (tertiary/aromatic N) is 3. The number of carbonyl (C=O) groups excluding carboxylic acids is 2. The van der Waals surface area contributed by atoms with E-state index in [4.69, 9.17) is 4.74 Å². The van der Waals surface area contributed by atoms with Crippen molar-refractivity contribution in [1.82, 2.24) is 14.8 Å². The number of amides is 1. The van der Waals surface area contributed by atoms with Crippen LogP contribution in [0.5, 0.6) is 0 Å². The normalized spacial score (nSPS) is 11.3. The second-order valence-electron chi connectivity index (χ2n) is 8.33. The molecule has 0 aliphatic heterocycles. The van der Waals surface area contributed by atoms with Gasteiger partial charge in [-0.25, -0.2) is 4.79 Å². The third kappa shape index (κ3) is 5.76. The van der Waals surface area contributed by atoms with Crippen LogP contribution in [0.15, 0.2) is 53.7 Å². The molecule has 32 heavy (non-hydrogen) atoms. The van der Waals surface area contributed by atoms with Crippen LogP contribution in [0, 0.1) is 0 Å². The SMILES string of the molecule is CCOC(=O)c1ccc(NC(=O)CSc2nnc(-c3ccc(C(C)(C)C)cc3)n2C)cc1. The van der Waals surface area contributed by atoms with Crippen LogP contribution in [0.1, 0.15) is 43.6 Å². The summed E-state index contributed by atoms with van der Waals surface area (Å²) in [4.78, 5) is 24.1. The van der Waals surface area contributed by atoms with Crippen molar-refractivity contribution >= 4 is 29.3 Å². The van der Waals surface area contributed by atoms with Crippen LogP contribution in [0.4, 0.5) is 5.69 Å². The van der Waals surface area contributed by atoms with E-state index < -0.39 is 0 Å². The van der Waals surface area contributed by atoms with Crippen molar-refractivity contribution in [1.29, 1.82) is 0 Å². The lowest BCUT2D eigenvalue weighted by Crippen LogP contribution is -2.14. The zero-order valence-corrected chi connectivity index (χ0v) is 19.8. The minimum atomic E-state index is -0.382. The van der Waals surface area contributed by atoms with Crippen LogP contribution in [0.25, 0.3) is 11.4 Å². The van der Waals surface area contributed by atoms with Gasteiger partial charge in [-0.15, -0.1) is 10.2 Å². The molecule has 0 saturated heterocycles. The Morgan fingerprint density at radius 1 is 1.03 bits per heavy atom. The average Bonchev–Trinajstić information content (AvgIpc) is 3.12. The molecule has 0 aliphatic rings. The van der Waals surface area contributed by atoms with E-state index in [0.29, 0.717) is 23.0 Å². The number of ether oxygens (including phenoxy) is 1. The van der Waals surface area contributed by atoms with E-state index in [-0.39, 0.29) is 23.0 Å². The molecule has 0 saturated carbocycles. The first kappa shape index (κ1) is 23.5. The van der Waals surface area contributed by atoms with Crippen LogP contribution < -0.4 is 5.32 Å². The van der Waals surface area contributed by atoms with Crippen LogP contribution in [0.3, 0.4) is 0 Å². The van der Waals surface area contributed by atoms with E-state index in [1.807, 2.05) is 23.7 Å². The highest BCUT2D eigenvalue weighted by Crippen LogP contribution is 2.27. The first-order valence-corrected chi connectivity index (χ1v) is 11.4. The fourth-order valence-electron chi connectivity index (χ4n) is 3.04. The number of hydrogen-bond acceptors (Lipinski definition) is 6. The molecule has 0 atom stereocenters. The zero-order chi connectivity index (χ0) is 23.3. The molecule has 2 aromatic carbocycles. The smallest absolute Gasteiger partial charge is 0.338 e. The Balaban J connectivity index is 1.59. The van der Waals surface area contributed by atoms with Crippen LogP contribution in [-0.2, 0) is 22.0 Å². The van der Waals surface area contributed by atoms with Gasteiger partial charge in [0, 0.05) is 18.3 Å². The number of thioether (sulfide) groups is 1. The average molecular weight is 453 g/mol. The number of esters is 1. The minimum Gasteiger partial charge on any atom is -0.462 e. The van der Waals surface area contributed by atoms with Gasteiger partial charge in [-0.2, -0.15) is 0 Å². The Kier molecular flexibility index (Phi) is 7.35. The standard InChI is InChI=1S/C24H28N4O3S/c1-6-31-22(30)17-9-13-19(14-10-17)25-20(29)15-32-23-27-26-21(28(23)5)16-7-11-18(12-8-16)24(2,3)4/h7-14H,6,15H2,1-5H3,(H,25,29). The summed E-state index contributed by atoms with van der Waals surface area (Å²) in [6, 6.07) is 14.9. The molecular weight excluding hydrogens is 424 g/mol. The van der Waals surface area contributed by atoms with Crippen molar-refractivity contribution in [3.8, 4) is 11.4 Å². The van der Waals surface area contributed by atoms with Crippen molar-refractivity contribution in [3.63, 3.8) is 0 Å². The summed E-state index contributed by atoms with van der Waals surface area (Å²) in [5.74, 6) is 0.391. The molecule has 1 heterocycles. The van der Waals surface area contributed by atoms with Gasteiger partial charge in [-0.05, 0) is 42.2 Å². The second-order valence-corrected chi connectivity index (χ2v) is 9.27. The Morgan fingerprint density at radius 2 is 1.69 bits per heavy atom. The molecule has 8 heteroatoms. The number of rotatable bonds is 7. The number of aromatic nitrogens is 3. The Morgan fingerprint density at radius 3 is 2.28 bits per heavy atom. The summed E-state index contributed by atoms with van der Waals surface area (Å²) in [5, 5.41) is 12.0. The van der Waals surface area contributed by atoms with Gasteiger partial charge in [0.1, 0.15) is 0 Å². The molecule has 0 spiro atoms. The van der Waals surface area contributed by atoms with Crippen molar-refractivity contribution in [2.75, 3.05) is 17.7 Å². The fraction of sp³-hybridized carbons (Fsp3) is 0.333. The number of nitrogens with one attached hydrogen (secondary N) is 1. The van der Waals surface area contributed by atoms with E-state index in [0.717, 1.165) is 11.4 Å². The maximum atomic E-state index is 12.3. The molecule has 0 bridgehead atoms. The predicted octanol–water partition coefficient (Wildman–Crippen LogP) is 4.69. The summed E-state index contributed by atoms with van der Waals surface area (Å²) in [6.07, 6.45) is 0. The van der Waals surface area contributed by atoms with Crippen molar-refractivity contribution in [2.24, 2.45) is 7.05 Å². The lowest BCUT2D eigenvalue weighted by atomic mass is 9.87. The van der Waals surface area contributed by atoms with E-state index in [1.54, 1.807) is 31.2 Å². The molecule has 1 amide bonds. The topological polar surface area (TPSA) is 86.1 Å². The van der Waals surface area contributed by atoms with Crippen LogP contribution in [-0.4, -0.2) is 39.0 Å². The van der Waals surface area contributed by atoms with E-state index in [1.165, 1.54) is 17.3 Å². The summed E-state index contributed by atoms with van der Waals surface area (Å²) < 4.78 is 6.84. The highest BCUT2D eigenvalue weighted by atomic mass is 32.2. The van der Waals surface area contributed by atoms with E-state index in [2.05, 4.69) is 48.4 Å². The largest absolute Gasteiger partial charge is 0.462 e. The van der Waals surface area contributed by atoms with E-state index >= 15 is 0 Å². The van der Waals surface area contributed by atoms with Gasteiger partial charge in [0.15, 0.2) is 11.0 Å². The molecule has 0 fully saturated rings. The van der Waals surface area contributed by atoms with Gasteiger partial charge in [0.05, 0.1) is 17.9 Å². The summed E-state index contributed by atoms with van der Waals surface area (Å²) in [5.41, 5.74) is 3.38. The number of anilines is 1. The monoisotopic (exact) mass is 452 g/mol. The molecule has 0 radical (unpaired) electrons. The molecule has 0 unspecified atom stereocenters. The lowest BCUT2D eigenvalue weighted by molar-refractivity contribution is -0.113. The first-order chi connectivity index (χ1) is 15.2. The molecular formula is C24H28N4O3S. The minimum absolute atomic E-state index is 0.0892. The Bertz CT molecular complexity index is 1080. The predicted molar refractivity (Wildman–Crippen MR) is 127 cm³/mol. The Labute approximate surface area is 192 Å². The highest BCUT2D eigenvalue weighted by Gasteiger charge is 2.16. The van der Waals surface area contributed by atoms with Gasteiger partial charge in [-0.3, -0.25) is 4.79 Å². The molecule has 1 aromatic heterocycles. The van der Waals surface area contributed by atoms with Crippen molar-refractivity contribution < 1.29 is 14.3 Å². The summed E-state index contributed by atoms with van der Waals surface area (Å²) in [7, 11) is 1.89. The van der Waals surface area contributed by atoms with Crippen molar-refractivity contribution in [2.45, 2.75) is 38.3 Å². The fourth-order valence-corrected chi connectivity index (χ4v) is 3.75. The second kappa shape index (κ2) is 9.99. The number of hydrogen-bond donors (Lipinski definition) is 1. The molecule has 3 aromatic rings. The highest BCUT2D eigenvalue weighted by molar-refractivity contribution is 7.99. The maximum Gasteiger partial charge on any atom is 0.338 e. The lowest BCUT2D eigenvalue weighted by Gasteiger charge is -2.19. The van der Waals surface area contributed by atoms with E-state index in [9.17, 15) is 9.59 Å². The van der Waals surface area contributed by atoms with Crippen molar-refractivity contribution in [3.05, 3.63) is 59.7 Å². The molecule has 168 valence electrons. The van der Waals surface area contributed by atoms with Gasteiger partial charge in [0.25, 0.3) is 0 Å². The molecule has 1 N–H and O–H groups in total. The third-order valence-electron chi connectivity index (χ3n) is 4.86. The van der Waals surface area contributed by atoms with Crippen LogP contribution >= 0.6 is 11.8 Å². The molecule has 0 aliphatic carbocycles. The summed E-state index contributed by atoms with van der Waals surface area (Å²) in [6.45, 7) is 8.62. The van der Waals surface area contributed by atoms with Gasteiger partial charge < -0.3 is 14.6 Å². The Hall–Kier alpha value is -3.13. The quantitative estimate of drug-likeness (QED) is 0.414.